The Morgan fingerprint density at radius 3 is 2.61 bits per heavy atom. The minimum Gasteiger partial charge on any atom is -0.352 e. The lowest BCUT2D eigenvalue weighted by molar-refractivity contribution is 0.0720. The summed E-state index contributed by atoms with van der Waals surface area (Å²) < 4.78 is 23.3. The van der Waals surface area contributed by atoms with E-state index in [-0.39, 0.29) is 29.5 Å². The van der Waals surface area contributed by atoms with Crippen LogP contribution in [0, 0.1) is 0 Å². The monoisotopic (exact) mass is 338 g/mol. The molecule has 1 fully saturated rings. The summed E-state index contributed by atoms with van der Waals surface area (Å²) in [5, 5.41) is 3.05. The number of sulfone groups is 1. The highest BCUT2D eigenvalue weighted by molar-refractivity contribution is 7.91. The maximum atomic E-state index is 12.6. The molecule has 0 aromatic carbocycles. The molecule has 2 rings (SSSR count). The second kappa shape index (κ2) is 7.08. The van der Waals surface area contributed by atoms with Gasteiger partial charge in [0.25, 0.3) is 5.91 Å². The summed E-state index contributed by atoms with van der Waals surface area (Å²) in [6.45, 7) is 7.88. The highest BCUT2D eigenvalue weighted by atomic mass is 32.2. The molecule has 0 radical (unpaired) electrons. The molecule has 1 aliphatic heterocycles. The van der Waals surface area contributed by atoms with Crippen LogP contribution in [0.5, 0.6) is 0 Å². The van der Waals surface area contributed by atoms with Crippen LogP contribution in [0.3, 0.4) is 0 Å². The average molecular weight is 338 g/mol. The molecule has 126 valence electrons. The average Bonchev–Trinajstić information content (AvgIpc) is 2.84. The van der Waals surface area contributed by atoms with Crippen molar-refractivity contribution in [2.24, 2.45) is 0 Å². The minimum atomic E-state index is -3.06. The Morgan fingerprint density at radius 2 is 2.13 bits per heavy atom. The van der Waals surface area contributed by atoms with Crippen LogP contribution >= 0.6 is 0 Å². The first-order chi connectivity index (χ1) is 10.8. The summed E-state index contributed by atoms with van der Waals surface area (Å²) in [7, 11) is -3.06. The number of aromatic nitrogens is 2. The van der Waals surface area contributed by atoms with E-state index < -0.39 is 9.84 Å². The minimum absolute atomic E-state index is 0.000422. The van der Waals surface area contributed by atoms with Crippen molar-refractivity contribution in [3.05, 3.63) is 30.6 Å². The summed E-state index contributed by atoms with van der Waals surface area (Å²) in [6, 6.07) is -0.128. The molecular formula is C15H22N4O3S. The number of hydrogen-bond acceptors (Lipinski definition) is 6. The molecule has 1 aliphatic rings. The molecule has 1 aromatic heterocycles. The molecule has 0 spiro atoms. The molecule has 1 atom stereocenters. The Bertz CT molecular complexity index is 670. The molecule has 8 heteroatoms. The third-order valence-electron chi connectivity index (χ3n) is 3.55. The van der Waals surface area contributed by atoms with Crippen molar-refractivity contribution >= 4 is 21.7 Å². The Balaban J connectivity index is 2.16. The zero-order valence-electron chi connectivity index (χ0n) is 13.4. The van der Waals surface area contributed by atoms with Crippen LogP contribution in [-0.2, 0) is 9.84 Å². The SMILES string of the molecule is C=CCN(C(=O)c1cnc(NC(C)C)nc1)C1CCS(=O)(=O)C1. The zero-order valence-corrected chi connectivity index (χ0v) is 14.2. The van der Waals surface area contributed by atoms with Gasteiger partial charge in [-0.05, 0) is 20.3 Å². The lowest BCUT2D eigenvalue weighted by atomic mass is 10.2. The van der Waals surface area contributed by atoms with Crippen molar-refractivity contribution in [3.8, 4) is 0 Å². The summed E-state index contributed by atoms with van der Waals surface area (Å²) >= 11 is 0. The number of carbonyl (C=O) groups excluding carboxylic acids is 1. The Labute approximate surface area is 136 Å². The summed E-state index contributed by atoms with van der Waals surface area (Å²) in [5.74, 6) is 0.297. The van der Waals surface area contributed by atoms with Gasteiger partial charge in [0.05, 0.1) is 17.1 Å². The van der Waals surface area contributed by atoms with Crippen LogP contribution in [0.25, 0.3) is 0 Å². The Morgan fingerprint density at radius 1 is 1.48 bits per heavy atom. The molecule has 1 aromatic rings. The molecule has 23 heavy (non-hydrogen) atoms. The maximum absolute atomic E-state index is 12.6. The predicted octanol–water partition coefficient (Wildman–Crippen LogP) is 1.11. The van der Waals surface area contributed by atoms with E-state index in [9.17, 15) is 13.2 Å². The van der Waals surface area contributed by atoms with E-state index in [1.54, 1.807) is 6.08 Å². The molecule has 7 nitrogen and oxygen atoms in total. The standard InChI is InChI=1S/C15H22N4O3S/c1-4-6-19(13-5-7-23(21,22)10-13)14(20)12-8-16-15(17-9-12)18-11(2)3/h4,8-9,11,13H,1,5-7,10H2,2-3H3,(H,16,17,18). The summed E-state index contributed by atoms with van der Waals surface area (Å²) in [5.41, 5.74) is 0.338. The van der Waals surface area contributed by atoms with Crippen LogP contribution in [0.1, 0.15) is 30.6 Å². The van der Waals surface area contributed by atoms with Crippen molar-refractivity contribution in [1.29, 1.82) is 0 Å². The van der Waals surface area contributed by atoms with Crippen molar-refractivity contribution in [2.75, 3.05) is 23.4 Å². The smallest absolute Gasteiger partial charge is 0.257 e. The summed E-state index contributed by atoms with van der Waals surface area (Å²) in [6.07, 6.45) is 4.97. The lowest BCUT2D eigenvalue weighted by Gasteiger charge is -2.26. The van der Waals surface area contributed by atoms with E-state index in [1.807, 2.05) is 13.8 Å². The first-order valence-electron chi connectivity index (χ1n) is 7.53. The number of anilines is 1. The van der Waals surface area contributed by atoms with Gasteiger partial charge >= 0.3 is 0 Å². The zero-order chi connectivity index (χ0) is 17.0. The van der Waals surface area contributed by atoms with E-state index in [2.05, 4.69) is 21.9 Å². The van der Waals surface area contributed by atoms with Gasteiger partial charge in [-0.1, -0.05) is 6.08 Å². The quantitative estimate of drug-likeness (QED) is 0.781. The second-order valence-corrected chi connectivity index (χ2v) is 8.13. The number of rotatable bonds is 6. The van der Waals surface area contributed by atoms with E-state index in [1.165, 1.54) is 17.3 Å². The van der Waals surface area contributed by atoms with Crippen LogP contribution in [-0.4, -0.2) is 59.3 Å². The first-order valence-corrected chi connectivity index (χ1v) is 9.35. The lowest BCUT2D eigenvalue weighted by Crippen LogP contribution is -2.41. The fourth-order valence-corrected chi connectivity index (χ4v) is 4.23. The fraction of sp³-hybridized carbons (Fsp3) is 0.533. The first kappa shape index (κ1) is 17.4. The topological polar surface area (TPSA) is 92.3 Å². The van der Waals surface area contributed by atoms with Gasteiger partial charge in [0.15, 0.2) is 9.84 Å². The van der Waals surface area contributed by atoms with Crippen LogP contribution in [0.2, 0.25) is 0 Å². The van der Waals surface area contributed by atoms with Crippen molar-refractivity contribution in [3.63, 3.8) is 0 Å². The molecular weight excluding hydrogens is 316 g/mol. The number of hydrogen-bond donors (Lipinski definition) is 1. The van der Waals surface area contributed by atoms with E-state index >= 15 is 0 Å². The van der Waals surface area contributed by atoms with E-state index in [4.69, 9.17) is 0 Å². The van der Waals surface area contributed by atoms with Crippen molar-refractivity contribution in [1.82, 2.24) is 14.9 Å². The van der Waals surface area contributed by atoms with E-state index in [0.29, 0.717) is 24.5 Å². The van der Waals surface area contributed by atoms with Gasteiger partial charge in [0.1, 0.15) is 0 Å². The number of carbonyl (C=O) groups is 1. The van der Waals surface area contributed by atoms with Crippen molar-refractivity contribution < 1.29 is 13.2 Å². The van der Waals surface area contributed by atoms with Gasteiger partial charge in [0.2, 0.25) is 5.95 Å². The highest BCUT2D eigenvalue weighted by Crippen LogP contribution is 2.20. The third kappa shape index (κ3) is 4.51. The Kier molecular flexibility index (Phi) is 5.35. The number of nitrogens with one attached hydrogen (secondary N) is 1. The van der Waals surface area contributed by atoms with Gasteiger partial charge in [-0.15, -0.1) is 6.58 Å². The number of amides is 1. The Hall–Kier alpha value is -1.96. The van der Waals surface area contributed by atoms with E-state index in [0.717, 1.165) is 0 Å². The maximum Gasteiger partial charge on any atom is 0.257 e. The highest BCUT2D eigenvalue weighted by Gasteiger charge is 2.34. The fourth-order valence-electron chi connectivity index (χ4n) is 2.50. The van der Waals surface area contributed by atoms with Gasteiger partial charge in [-0.3, -0.25) is 4.79 Å². The molecule has 0 bridgehead atoms. The normalized spacial score (nSPS) is 19.5. The van der Waals surface area contributed by atoms with Gasteiger partial charge in [0, 0.05) is 31.0 Å². The molecule has 1 amide bonds. The van der Waals surface area contributed by atoms with Crippen molar-refractivity contribution in [2.45, 2.75) is 32.4 Å². The predicted molar refractivity (Wildman–Crippen MR) is 89.1 cm³/mol. The van der Waals surface area contributed by atoms with Gasteiger partial charge in [-0.2, -0.15) is 0 Å². The largest absolute Gasteiger partial charge is 0.352 e. The van der Waals surface area contributed by atoms with Crippen LogP contribution < -0.4 is 5.32 Å². The summed E-state index contributed by atoms with van der Waals surface area (Å²) in [4.78, 5) is 22.4. The van der Waals surface area contributed by atoms with Crippen LogP contribution in [0.15, 0.2) is 25.0 Å². The molecule has 0 aliphatic carbocycles. The van der Waals surface area contributed by atoms with Gasteiger partial charge in [-0.25, -0.2) is 18.4 Å². The molecule has 1 unspecified atom stereocenters. The third-order valence-corrected chi connectivity index (χ3v) is 5.30. The van der Waals surface area contributed by atoms with Gasteiger partial charge < -0.3 is 10.2 Å². The molecule has 2 heterocycles. The molecule has 1 saturated heterocycles. The molecule has 1 N–H and O–H groups in total. The second-order valence-electron chi connectivity index (χ2n) is 5.90. The molecule has 0 saturated carbocycles. The van der Waals surface area contributed by atoms with Crippen LogP contribution in [0.4, 0.5) is 5.95 Å². The number of nitrogens with zero attached hydrogens (tertiary/aromatic N) is 3.